The van der Waals surface area contributed by atoms with Gasteiger partial charge in [-0.3, -0.25) is 0 Å². The van der Waals surface area contributed by atoms with E-state index < -0.39 is 0 Å². The molecule has 2 bridgehead atoms. The lowest BCUT2D eigenvalue weighted by molar-refractivity contribution is 0.110. The first-order valence-corrected chi connectivity index (χ1v) is 22.0. The Morgan fingerprint density at radius 3 is 1.38 bits per heavy atom. The Bertz CT molecular complexity index is 1010. The topological polar surface area (TPSA) is 123 Å². The summed E-state index contributed by atoms with van der Waals surface area (Å²) in [6, 6.07) is -1.07. The molecular weight excluding hydrogens is 652 g/mol. The quantitative estimate of drug-likeness (QED) is 0.0662. The molecule has 0 aromatic carbocycles. The van der Waals surface area contributed by atoms with Crippen LogP contribution in [0.5, 0.6) is 0 Å². The Balaban J connectivity index is 1.60. The summed E-state index contributed by atoms with van der Waals surface area (Å²) in [7, 11) is 0. The molecule has 0 aromatic rings. The number of nitrogens with one attached hydrogen (secondary N) is 4. The smallest absolute Gasteiger partial charge is 0.325 e. The van der Waals surface area contributed by atoms with Gasteiger partial charge in [-0.15, -0.1) is 0 Å². The molecule has 4 N–H and O–H groups in total. The Kier molecular flexibility index (Phi) is 20.9. The molecule has 0 spiro atoms. The largest absolute Gasteiger partial charge is 0.338 e. The molecular formula is C42H78N6O4. The molecule has 0 aliphatic heterocycles. The summed E-state index contributed by atoms with van der Waals surface area (Å²) in [5.41, 5.74) is 0.163. The average Bonchev–Trinajstić information content (AvgIpc) is 3.84. The molecule has 10 heteroatoms. The molecule has 0 radical (unpaired) electrons. The van der Waals surface area contributed by atoms with Crippen molar-refractivity contribution in [1.82, 2.24) is 31.1 Å². The van der Waals surface area contributed by atoms with E-state index in [0.29, 0.717) is 62.9 Å². The van der Waals surface area contributed by atoms with E-state index in [1.807, 2.05) is 0 Å². The number of urea groups is 4. The number of rotatable bonds is 26. The monoisotopic (exact) mass is 731 g/mol. The van der Waals surface area contributed by atoms with E-state index in [1.54, 1.807) is 0 Å². The van der Waals surface area contributed by atoms with Gasteiger partial charge < -0.3 is 21.3 Å². The van der Waals surface area contributed by atoms with Crippen LogP contribution in [0.4, 0.5) is 19.2 Å². The van der Waals surface area contributed by atoms with Crippen LogP contribution in [0.15, 0.2) is 0 Å². The fraction of sp³-hybridized carbons (Fsp3) is 0.905. The Hall–Kier alpha value is -2.52. The van der Waals surface area contributed by atoms with E-state index in [-0.39, 0.29) is 29.5 Å². The molecule has 3 rings (SSSR count). The van der Waals surface area contributed by atoms with Crippen molar-refractivity contribution >= 4 is 24.1 Å². The lowest BCUT2D eigenvalue weighted by atomic mass is 9.68. The highest BCUT2D eigenvalue weighted by Gasteiger charge is 2.61. The van der Waals surface area contributed by atoms with Gasteiger partial charge in [0.25, 0.3) is 0 Å². The van der Waals surface area contributed by atoms with Crippen LogP contribution in [0.3, 0.4) is 0 Å². The number of fused-ring (bicyclic) bond motifs is 5. The third-order valence-corrected chi connectivity index (χ3v) is 12.6. The second kappa shape index (κ2) is 24.7. The maximum atomic E-state index is 13.4. The van der Waals surface area contributed by atoms with Gasteiger partial charge in [-0.1, -0.05) is 105 Å². The van der Waals surface area contributed by atoms with Gasteiger partial charge in [-0.2, -0.15) is 0 Å². The van der Waals surface area contributed by atoms with Crippen LogP contribution in [0.25, 0.3) is 0 Å². The highest BCUT2D eigenvalue weighted by molar-refractivity contribution is 5.94. The van der Waals surface area contributed by atoms with Crippen LogP contribution >= 0.6 is 0 Å². The van der Waals surface area contributed by atoms with Gasteiger partial charge in [0.1, 0.15) is 0 Å². The van der Waals surface area contributed by atoms with Crippen molar-refractivity contribution in [3.8, 4) is 0 Å². The van der Waals surface area contributed by atoms with Crippen molar-refractivity contribution in [3.63, 3.8) is 0 Å². The summed E-state index contributed by atoms with van der Waals surface area (Å²) in [5, 5.41) is 12.2. The van der Waals surface area contributed by atoms with E-state index in [1.165, 1.54) is 29.1 Å². The van der Waals surface area contributed by atoms with Gasteiger partial charge >= 0.3 is 24.1 Å². The van der Waals surface area contributed by atoms with Crippen molar-refractivity contribution in [2.24, 2.45) is 29.1 Å². The standard InChI is InChI=1S/C42H78N6O4/c1-5-9-13-17-27-43-38(49)47(39(50)44-28-18-14-10-6-2)31-24-34-21-22-36-37(34)35-23-25-42(36,33-35)26-32-48(40(51)45-29-19-15-11-7-3)41(52)46-30-20-16-12-8-4/h34-37H,5-33H2,1-4H3,(H,43,49)(H,44,50)(H,45,51)(H,46,52). The first-order valence-electron chi connectivity index (χ1n) is 22.0. The third-order valence-electron chi connectivity index (χ3n) is 12.6. The molecule has 5 atom stereocenters. The molecule has 0 saturated heterocycles. The number of carbonyl (C=O) groups is 4. The first kappa shape index (κ1) is 43.9. The highest BCUT2D eigenvalue weighted by Crippen LogP contribution is 2.68. The number of amides is 8. The van der Waals surface area contributed by atoms with Crippen molar-refractivity contribution in [3.05, 3.63) is 0 Å². The Labute approximate surface area is 317 Å². The van der Waals surface area contributed by atoms with Crippen LogP contribution in [0.2, 0.25) is 0 Å². The molecule has 52 heavy (non-hydrogen) atoms. The normalized spacial score (nSPS) is 22.9. The summed E-state index contributed by atoms with van der Waals surface area (Å²) in [6.07, 6.45) is 24.8. The van der Waals surface area contributed by atoms with Crippen LogP contribution < -0.4 is 21.3 Å². The van der Waals surface area contributed by atoms with E-state index in [9.17, 15) is 19.2 Å². The molecule has 0 heterocycles. The SMILES string of the molecule is CCCCCCNC(=O)N(CCC1CCC2C1C1CCC2(CCN(C(=O)NCCCCCC)C(=O)NCCCCCC)C1)C(=O)NCCCCCC. The maximum Gasteiger partial charge on any atom is 0.325 e. The number of carbonyl (C=O) groups excluding carboxylic acids is 4. The van der Waals surface area contributed by atoms with Crippen LogP contribution in [0, 0.1) is 29.1 Å². The fourth-order valence-electron chi connectivity index (χ4n) is 9.74. The number of hydrogen-bond acceptors (Lipinski definition) is 4. The molecule has 5 unspecified atom stereocenters. The molecule has 0 aromatic heterocycles. The summed E-state index contributed by atoms with van der Waals surface area (Å²) in [6.45, 7) is 12.0. The summed E-state index contributed by atoms with van der Waals surface area (Å²) >= 11 is 0. The number of unbranched alkanes of at least 4 members (excludes halogenated alkanes) is 12. The van der Waals surface area contributed by atoms with Gasteiger partial charge in [-0.25, -0.2) is 29.0 Å². The average molecular weight is 731 g/mol. The van der Waals surface area contributed by atoms with Gasteiger partial charge in [0.05, 0.1) is 0 Å². The van der Waals surface area contributed by atoms with Crippen LogP contribution in [0.1, 0.15) is 175 Å². The molecule has 8 amide bonds. The van der Waals surface area contributed by atoms with Gasteiger partial charge in [-0.05, 0) is 99.7 Å². The molecule has 300 valence electrons. The minimum absolute atomic E-state index is 0.163. The number of imide groups is 2. The van der Waals surface area contributed by atoms with E-state index in [0.717, 1.165) is 128 Å². The maximum absolute atomic E-state index is 13.4. The van der Waals surface area contributed by atoms with Crippen molar-refractivity contribution < 1.29 is 19.2 Å². The summed E-state index contributed by atoms with van der Waals surface area (Å²) in [4.78, 5) is 56.4. The van der Waals surface area contributed by atoms with Crippen molar-refractivity contribution in [1.29, 1.82) is 0 Å². The molecule has 3 aliphatic carbocycles. The van der Waals surface area contributed by atoms with Gasteiger partial charge in [0.2, 0.25) is 0 Å². The van der Waals surface area contributed by atoms with Crippen molar-refractivity contribution in [2.75, 3.05) is 39.3 Å². The zero-order chi connectivity index (χ0) is 37.6. The minimum Gasteiger partial charge on any atom is -0.338 e. The van der Waals surface area contributed by atoms with Gasteiger partial charge in [0, 0.05) is 39.3 Å². The zero-order valence-electron chi connectivity index (χ0n) is 33.8. The Morgan fingerprint density at radius 2 is 0.962 bits per heavy atom. The fourth-order valence-corrected chi connectivity index (χ4v) is 9.74. The van der Waals surface area contributed by atoms with Crippen LogP contribution in [-0.2, 0) is 0 Å². The third kappa shape index (κ3) is 13.7. The minimum atomic E-state index is -0.270. The lowest BCUT2D eigenvalue weighted by Gasteiger charge is -2.38. The number of nitrogens with zero attached hydrogens (tertiary/aromatic N) is 2. The predicted molar refractivity (Wildman–Crippen MR) is 212 cm³/mol. The Morgan fingerprint density at radius 1 is 0.538 bits per heavy atom. The van der Waals surface area contributed by atoms with E-state index in [4.69, 9.17) is 0 Å². The molecule has 3 fully saturated rings. The van der Waals surface area contributed by atoms with Crippen LogP contribution in [-0.4, -0.2) is 73.2 Å². The number of hydrogen-bond donors (Lipinski definition) is 4. The van der Waals surface area contributed by atoms with Gasteiger partial charge in [0.15, 0.2) is 0 Å². The van der Waals surface area contributed by atoms with E-state index in [2.05, 4.69) is 49.0 Å². The lowest BCUT2D eigenvalue weighted by Crippen LogP contribution is -2.50. The second-order valence-corrected chi connectivity index (χ2v) is 16.4. The van der Waals surface area contributed by atoms with E-state index >= 15 is 0 Å². The van der Waals surface area contributed by atoms with Crippen molar-refractivity contribution in [2.45, 2.75) is 175 Å². The predicted octanol–water partition coefficient (Wildman–Crippen LogP) is 9.97. The summed E-state index contributed by atoms with van der Waals surface area (Å²) < 4.78 is 0. The second-order valence-electron chi connectivity index (χ2n) is 16.4. The molecule has 10 nitrogen and oxygen atoms in total. The molecule has 3 saturated carbocycles. The highest BCUT2D eigenvalue weighted by atomic mass is 16.2. The molecule has 3 aliphatic rings. The summed E-state index contributed by atoms with van der Waals surface area (Å²) in [5.74, 6) is 2.32. The first-order chi connectivity index (χ1) is 25.3. The zero-order valence-corrected chi connectivity index (χ0v) is 33.8.